The second-order valence-electron chi connectivity index (χ2n) is 8.53. The van der Waals surface area contributed by atoms with E-state index in [4.69, 9.17) is 23.8 Å². The molecule has 0 atom stereocenters. The summed E-state index contributed by atoms with van der Waals surface area (Å²) < 4.78 is 2.01. The SMILES string of the molecule is Cc1ccc(N(c2ccc(C=C3C(=O)N(C)C(=S)N(C)C3=O)[se]2)c2ccc(Cl)c3ccccc23)cc1. The Kier molecular flexibility index (Phi) is 6.58. The summed E-state index contributed by atoms with van der Waals surface area (Å²) in [5, 5.41) is 2.93. The van der Waals surface area contributed by atoms with Crippen molar-refractivity contribution < 1.29 is 9.59 Å². The number of anilines is 3. The van der Waals surface area contributed by atoms with Gasteiger partial charge in [-0.3, -0.25) is 0 Å². The number of rotatable bonds is 4. The van der Waals surface area contributed by atoms with Gasteiger partial charge in [0.15, 0.2) is 0 Å². The molecular formula is C28H22ClN3O2SSe. The van der Waals surface area contributed by atoms with Gasteiger partial charge in [0.05, 0.1) is 0 Å². The zero-order chi connectivity index (χ0) is 25.6. The van der Waals surface area contributed by atoms with Gasteiger partial charge in [0.2, 0.25) is 0 Å². The third-order valence-electron chi connectivity index (χ3n) is 6.14. The Balaban J connectivity index is 1.63. The molecule has 36 heavy (non-hydrogen) atoms. The first-order valence-electron chi connectivity index (χ1n) is 11.2. The van der Waals surface area contributed by atoms with E-state index in [1.165, 1.54) is 15.4 Å². The minimum absolute atomic E-state index is 0.121. The van der Waals surface area contributed by atoms with E-state index in [-0.39, 0.29) is 37.0 Å². The number of nitrogens with zero attached hydrogens (tertiary/aromatic N) is 3. The van der Waals surface area contributed by atoms with Gasteiger partial charge in [-0.05, 0) is 0 Å². The summed E-state index contributed by atoms with van der Waals surface area (Å²) in [6.45, 7) is 2.06. The fourth-order valence-electron chi connectivity index (χ4n) is 4.18. The predicted octanol–water partition coefficient (Wildman–Crippen LogP) is 5.93. The predicted molar refractivity (Wildman–Crippen MR) is 151 cm³/mol. The molecule has 1 aromatic heterocycles. The van der Waals surface area contributed by atoms with Crippen LogP contribution in [0.1, 0.15) is 10.0 Å². The van der Waals surface area contributed by atoms with Gasteiger partial charge in [-0.2, -0.15) is 0 Å². The Morgan fingerprint density at radius 3 is 2.17 bits per heavy atom. The Morgan fingerprint density at radius 2 is 1.50 bits per heavy atom. The van der Waals surface area contributed by atoms with Crippen LogP contribution in [0.15, 0.2) is 78.4 Å². The van der Waals surface area contributed by atoms with Gasteiger partial charge in [0, 0.05) is 0 Å². The van der Waals surface area contributed by atoms with Crippen LogP contribution in [0, 0.1) is 6.92 Å². The Bertz CT molecular complexity index is 1530. The molecule has 1 fully saturated rings. The van der Waals surface area contributed by atoms with Crippen molar-refractivity contribution in [3.63, 3.8) is 0 Å². The first kappa shape index (κ1) is 24.5. The summed E-state index contributed by atoms with van der Waals surface area (Å²) in [6, 6.07) is 24.5. The molecule has 0 N–H and O–H groups in total. The number of hydrogen-bond acceptors (Lipinski definition) is 4. The summed E-state index contributed by atoms with van der Waals surface area (Å²) in [6.07, 6.45) is 1.70. The zero-order valence-electron chi connectivity index (χ0n) is 19.9. The van der Waals surface area contributed by atoms with Crippen molar-refractivity contribution in [1.82, 2.24) is 9.80 Å². The third-order valence-corrected chi connectivity index (χ3v) is 9.16. The monoisotopic (exact) mass is 579 g/mol. The first-order chi connectivity index (χ1) is 17.3. The number of fused-ring (bicyclic) bond motifs is 1. The van der Waals surface area contributed by atoms with Crippen LogP contribution in [0.5, 0.6) is 0 Å². The van der Waals surface area contributed by atoms with E-state index in [0.29, 0.717) is 5.02 Å². The van der Waals surface area contributed by atoms with E-state index in [0.717, 1.165) is 31.1 Å². The summed E-state index contributed by atoms with van der Waals surface area (Å²) in [7, 11) is 3.17. The van der Waals surface area contributed by atoms with Gasteiger partial charge in [0.1, 0.15) is 0 Å². The topological polar surface area (TPSA) is 43.9 Å². The normalized spacial score (nSPS) is 14.1. The maximum absolute atomic E-state index is 12.8. The molecular weight excluding hydrogens is 557 g/mol. The van der Waals surface area contributed by atoms with E-state index < -0.39 is 0 Å². The van der Waals surface area contributed by atoms with Gasteiger partial charge in [-0.15, -0.1) is 0 Å². The number of carbonyl (C=O) groups excluding carboxylic acids is 2. The minimum atomic E-state index is -0.382. The number of thiocarbonyl (C=S) groups is 1. The van der Waals surface area contributed by atoms with Crippen LogP contribution < -0.4 is 4.90 Å². The van der Waals surface area contributed by atoms with Crippen LogP contribution in [0.25, 0.3) is 16.8 Å². The Labute approximate surface area is 225 Å². The van der Waals surface area contributed by atoms with Crippen molar-refractivity contribution in [3.05, 3.63) is 93.4 Å². The molecule has 1 saturated heterocycles. The molecule has 0 radical (unpaired) electrons. The standard InChI is InChI=1S/C28H22ClN3O2SSe/c1-17-8-10-18(11-9-17)32(24-14-13-23(29)20-6-4-5-7-21(20)24)25-15-12-19(36-25)16-22-26(33)30(2)28(35)31(3)27(22)34/h4-16H,1-3H3. The number of aryl methyl sites for hydroxylation is 1. The molecule has 5 rings (SSSR count). The molecule has 8 heteroatoms. The summed E-state index contributed by atoms with van der Waals surface area (Å²) in [4.78, 5) is 30.5. The van der Waals surface area contributed by atoms with Crippen LogP contribution >= 0.6 is 23.8 Å². The molecule has 2 heterocycles. The average molecular weight is 579 g/mol. The molecule has 0 bridgehead atoms. The molecule has 0 saturated carbocycles. The van der Waals surface area contributed by atoms with Gasteiger partial charge in [-0.25, -0.2) is 0 Å². The molecule has 1 aliphatic rings. The van der Waals surface area contributed by atoms with Crippen LogP contribution in [0.2, 0.25) is 5.02 Å². The van der Waals surface area contributed by atoms with Crippen molar-refractivity contribution in [2.45, 2.75) is 6.92 Å². The fraction of sp³-hybridized carbons (Fsp3) is 0.107. The number of halogens is 1. The van der Waals surface area contributed by atoms with Crippen LogP contribution in [0.4, 0.5) is 15.9 Å². The second kappa shape index (κ2) is 9.68. The van der Waals surface area contributed by atoms with E-state index in [1.807, 2.05) is 36.4 Å². The molecule has 1 aliphatic heterocycles. The first-order valence-corrected chi connectivity index (χ1v) is 13.7. The third kappa shape index (κ3) is 4.29. The number of carbonyl (C=O) groups is 2. The Hall–Kier alpha value is -3.22. The number of benzene rings is 3. The van der Waals surface area contributed by atoms with Crippen LogP contribution in [-0.4, -0.2) is 55.3 Å². The van der Waals surface area contributed by atoms with Crippen molar-refractivity contribution >= 4 is 88.0 Å². The van der Waals surface area contributed by atoms with E-state index in [9.17, 15) is 9.59 Å². The molecule has 3 aromatic carbocycles. The van der Waals surface area contributed by atoms with Gasteiger partial charge < -0.3 is 0 Å². The molecule has 0 unspecified atom stereocenters. The number of amides is 2. The average Bonchev–Trinajstić information content (AvgIpc) is 3.35. The van der Waals surface area contributed by atoms with E-state index in [2.05, 4.69) is 48.2 Å². The van der Waals surface area contributed by atoms with Crippen molar-refractivity contribution in [1.29, 1.82) is 0 Å². The van der Waals surface area contributed by atoms with Gasteiger partial charge >= 0.3 is 227 Å². The number of likely N-dealkylation sites (N-methyl/N-ethyl adjacent to an activating group) is 2. The molecule has 0 aliphatic carbocycles. The summed E-state index contributed by atoms with van der Waals surface area (Å²) >= 11 is 11.6. The van der Waals surface area contributed by atoms with Gasteiger partial charge in [0.25, 0.3) is 0 Å². The quantitative estimate of drug-likeness (QED) is 0.130. The summed E-state index contributed by atoms with van der Waals surface area (Å²) in [5.74, 6) is -0.764. The zero-order valence-corrected chi connectivity index (χ0v) is 23.1. The summed E-state index contributed by atoms with van der Waals surface area (Å²) in [5.41, 5.74) is 3.34. The molecule has 4 aromatic rings. The van der Waals surface area contributed by atoms with E-state index in [1.54, 1.807) is 20.2 Å². The molecule has 180 valence electrons. The van der Waals surface area contributed by atoms with Crippen LogP contribution in [-0.2, 0) is 9.59 Å². The number of hydrogen-bond donors (Lipinski definition) is 0. The van der Waals surface area contributed by atoms with Crippen LogP contribution in [0.3, 0.4) is 0 Å². The van der Waals surface area contributed by atoms with Gasteiger partial charge in [-0.1, -0.05) is 0 Å². The maximum atomic E-state index is 12.8. The second-order valence-corrected chi connectivity index (χ2v) is 11.6. The fourth-order valence-corrected chi connectivity index (χ4v) is 6.64. The van der Waals surface area contributed by atoms with Crippen molar-refractivity contribution in [2.75, 3.05) is 19.0 Å². The Morgan fingerprint density at radius 1 is 0.861 bits per heavy atom. The molecule has 5 nitrogen and oxygen atoms in total. The van der Waals surface area contributed by atoms with E-state index >= 15 is 0 Å². The molecule has 2 amide bonds. The molecule has 0 spiro atoms. The van der Waals surface area contributed by atoms with Crippen molar-refractivity contribution in [2.24, 2.45) is 0 Å². The van der Waals surface area contributed by atoms with Crippen molar-refractivity contribution in [3.8, 4) is 0 Å².